The first kappa shape index (κ1) is 12.4. The van der Waals surface area contributed by atoms with Crippen LogP contribution < -0.4 is 10.5 Å². The van der Waals surface area contributed by atoms with Crippen LogP contribution in [0.5, 0.6) is 0 Å². The van der Waals surface area contributed by atoms with E-state index in [9.17, 15) is 8.42 Å². The molecule has 0 spiro atoms. The normalized spacial score (nSPS) is 11.8. The Morgan fingerprint density at radius 2 is 2.15 bits per heavy atom. The van der Waals surface area contributed by atoms with E-state index in [2.05, 4.69) is 19.8 Å². The number of imidazole rings is 1. The van der Waals surface area contributed by atoms with E-state index in [4.69, 9.17) is 10.3 Å². The highest BCUT2D eigenvalue weighted by Gasteiger charge is 2.25. The van der Waals surface area contributed by atoms with Gasteiger partial charge in [-0.3, -0.25) is 4.40 Å². The molecule has 20 heavy (non-hydrogen) atoms. The van der Waals surface area contributed by atoms with Gasteiger partial charge in [-0.2, -0.15) is 13.4 Å². The van der Waals surface area contributed by atoms with Crippen molar-refractivity contribution in [1.29, 1.82) is 0 Å². The Morgan fingerprint density at radius 3 is 2.85 bits per heavy atom. The summed E-state index contributed by atoms with van der Waals surface area (Å²) in [4.78, 5) is 7.76. The van der Waals surface area contributed by atoms with Crippen molar-refractivity contribution < 1.29 is 12.9 Å². The summed E-state index contributed by atoms with van der Waals surface area (Å²) in [5, 5.41) is 3.32. The maximum Gasteiger partial charge on any atom is 0.335 e. The molecule has 0 aliphatic rings. The van der Waals surface area contributed by atoms with E-state index in [1.54, 1.807) is 31.3 Å². The average molecular weight is 294 g/mol. The number of hydrogen-bond donors (Lipinski definition) is 2. The molecule has 0 saturated heterocycles. The summed E-state index contributed by atoms with van der Waals surface area (Å²) in [7, 11) is -3.98. The van der Waals surface area contributed by atoms with Crippen LogP contribution in [-0.4, -0.2) is 27.9 Å². The fourth-order valence-corrected chi connectivity index (χ4v) is 2.90. The number of rotatable bonds is 3. The van der Waals surface area contributed by atoms with E-state index >= 15 is 0 Å². The van der Waals surface area contributed by atoms with Gasteiger partial charge < -0.3 is 10.3 Å². The van der Waals surface area contributed by atoms with Crippen LogP contribution in [0.2, 0.25) is 0 Å². The second kappa shape index (κ2) is 4.20. The highest BCUT2D eigenvalue weighted by atomic mass is 32.2. The molecule has 3 rings (SSSR count). The van der Waals surface area contributed by atoms with Gasteiger partial charge >= 0.3 is 6.01 Å². The SMILES string of the molecule is Cc1noc(NS(=O)(=O)c2c(N)nc3ccccn23)n1. The smallest absolute Gasteiger partial charge is 0.335 e. The Morgan fingerprint density at radius 1 is 1.35 bits per heavy atom. The number of aryl methyl sites for hydroxylation is 1. The first-order chi connectivity index (χ1) is 9.47. The topological polar surface area (TPSA) is 128 Å². The maximum absolute atomic E-state index is 12.3. The Labute approximate surface area is 113 Å². The van der Waals surface area contributed by atoms with Crippen molar-refractivity contribution in [2.75, 3.05) is 10.5 Å². The van der Waals surface area contributed by atoms with Crippen LogP contribution in [0.1, 0.15) is 5.82 Å². The number of nitrogens with zero attached hydrogens (tertiary/aromatic N) is 4. The van der Waals surface area contributed by atoms with Gasteiger partial charge in [0.1, 0.15) is 5.65 Å². The largest absolute Gasteiger partial charge is 0.381 e. The molecular weight excluding hydrogens is 284 g/mol. The molecule has 3 heterocycles. The zero-order valence-corrected chi connectivity index (χ0v) is 11.1. The van der Waals surface area contributed by atoms with Crippen LogP contribution in [0.3, 0.4) is 0 Å². The van der Waals surface area contributed by atoms with E-state index in [1.807, 2.05) is 0 Å². The zero-order chi connectivity index (χ0) is 14.3. The third-order valence-electron chi connectivity index (χ3n) is 2.52. The molecule has 3 N–H and O–H groups in total. The van der Waals surface area contributed by atoms with Crippen molar-refractivity contribution >= 4 is 27.5 Å². The van der Waals surface area contributed by atoms with Crippen molar-refractivity contribution in [3.63, 3.8) is 0 Å². The predicted octanol–water partition coefficient (Wildman–Crippen LogP) is 0.409. The quantitative estimate of drug-likeness (QED) is 0.715. The lowest BCUT2D eigenvalue weighted by atomic mass is 10.5. The summed E-state index contributed by atoms with van der Waals surface area (Å²) in [6, 6.07) is 4.82. The van der Waals surface area contributed by atoms with Crippen LogP contribution >= 0.6 is 0 Å². The molecule has 0 aliphatic carbocycles. The minimum atomic E-state index is -3.98. The summed E-state index contributed by atoms with van der Waals surface area (Å²) in [5.74, 6) is 0.203. The molecule has 9 nitrogen and oxygen atoms in total. The summed E-state index contributed by atoms with van der Waals surface area (Å²) < 4.78 is 32.9. The number of nitrogens with one attached hydrogen (secondary N) is 1. The highest BCUT2D eigenvalue weighted by molar-refractivity contribution is 7.92. The molecule has 3 aromatic heterocycles. The number of nitrogens with two attached hydrogens (primary N) is 1. The number of aromatic nitrogens is 4. The predicted molar refractivity (Wildman–Crippen MR) is 69.4 cm³/mol. The van der Waals surface area contributed by atoms with Gasteiger partial charge in [-0.15, -0.1) is 0 Å². The van der Waals surface area contributed by atoms with E-state index in [0.717, 1.165) is 0 Å². The molecule has 0 aromatic carbocycles. The molecule has 0 amide bonds. The van der Waals surface area contributed by atoms with Crippen LogP contribution in [-0.2, 0) is 10.0 Å². The van der Waals surface area contributed by atoms with Gasteiger partial charge in [0.25, 0.3) is 10.0 Å². The van der Waals surface area contributed by atoms with Gasteiger partial charge in [0.2, 0.25) is 5.03 Å². The zero-order valence-electron chi connectivity index (χ0n) is 10.3. The molecule has 0 atom stereocenters. The minimum Gasteiger partial charge on any atom is -0.381 e. The van der Waals surface area contributed by atoms with Crippen molar-refractivity contribution in [2.45, 2.75) is 11.9 Å². The molecular formula is C10H10N6O3S. The summed E-state index contributed by atoms with van der Waals surface area (Å²) in [5.41, 5.74) is 6.10. The minimum absolute atomic E-state index is 0.111. The standard InChI is InChI=1S/C10H10N6O3S/c1-6-12-10(19-14-6)15-20(17,18)9-8(11)13-7-4-2-3-5-16(7)9/h2-5H,11H2,1H3,(H,12,14,15). The number of sulfonamides is 1. The van der Waals surface area contributed by atoms with E-state index < -0.39 is 10.0 Å². The number of fused-ring (bicyclic) bond motifs is 1. The molecule has 3 aromatic rings. The molecule has 10 heteroatoms. The number of nitrogen functional groups attached to an aromatic ring is 1. The van der Waals surface area contributed by atoms with E-state index in [-0.39, 0.29) is 16.9 Å². The van der Waals surface area contributed by atoms with Gasteiger partial charge in [0.15, 0.2) is 11.6 Å². The van der Waals surface area contributed by atoms with E-state index in [1.165, 1.54) is 4.40 Å². The Hall–Kier alpha value is -2.62. The van der Waals surface area contributed by atoms with Gasteiger partial charge in [0, 0.05) is 6.20 Å². The second-order valence-corrected chi connectivity index (χ2v) is 5.58. The highest BCUT2D eigenvalue weighted by Crippen LogP contribution is 2.22. The fraction of sp³-hybridized carbons (Fsp3) is 0.100. The fourth-order valence-electron chi connectivity index (χ4n) is 1.76. The first-order valence-corrected chi connectivity index (χ1v) is 7.01. The van der Waals surface area contributed by atoms with Crippen molar-refractivity contribution in [1.82, 2.24) is 19.5 Å². The summed E-state index contributed by atoms with van der Waals surface area (Å²) in [6.07, 6.45) is 1.55. The number of anilines is 2. The van der Waals surface area contributed by atoms with Gasteiger partial charge in [-0.1, -0.05) is 11.2 Å². The van der Waals surface area contributed by atoms with Crippen molar-refractivity contribution in [3.05, 3.63) is 30.2 Å². The monoisotopic (exact) mass is 294 g/mol. The average Bonchev–Trinajstić information content (AvgIpc) is 2.91. The van der Waals surface area contributed by atoms with Crippen LogP contribution in [0, 0.1) is 6.92 Å². The van der Waals surface area contributed by atoms with Crippen molar-refractivity contribution in [3.8, 4) is 0 Å². The molecule has 0 fully saturated rings. The lowest BCUT2D eigenvalue weighted by Gasteiger charge is -2.04. The van der Waals surface area contributed by atoms with Gasteiger partial charge in [-0.25, -0.2) is 9.71 Å². The van der Waals surface area contributed by atoms with Gasteiger partial charge in [0.05, 0.1) is 0 Å². The van der Waals surface area contributed by atoms with Crippen LogP contribution in [0.4, 0.5) is 11.8 Å². The van der Waals surface area contributed by atoms with Gasteiger partial charge in [-0.05, 0) is 19.1 Å². The second-order valence-electron chi connectivity index (χ2n) is 3.98. The Bertz CT molecular complexity index is 881. The molecule has 0 saturated carbocycles. The lowest BCUT2D eigenvalue weighted by Crippen LogP contribution is -2.16. The molecule has 0 radical (unpaired) electrons. The Kier molecular flexibility index (Phi) is 2.61. The molecule has 0 bridgehead atoms. The molecule has 0 aliphatic heterocycles. The first-order valence-electron chi connectivity index (χ1n) is 5.53. The molecule has 104 valence electrons. The third kappa shape index (κ3) is 1.95. The lowest BCUT2D eigenvalue weighted by molar-refractivity contribution is 0.429. The number of pyridine rings is 1. The molecule has 0 unspecified atom stereocenters. The maximum atomic E-state index is 12.3. The van der Waals surface area contributed by atoms with E-state index in [0.29, 0.717) is 11.5 Å². The Balaban J connectivity index is 2.11. The summed E-state index contributed by atoms with van der Waals surface area (Å²) >= 11 is 0. The number of hydrogen-bond acceptors (Lipinski definition) is 7. The van der Waals surface area contributed by atoms with Crippen LogP contribution in [0.15, 0.2) is 33.9 Å². The van der Waals surface area contributed by atoms with Crippen LogP contribution in [0.25, 0.3) is 5.65 Å². The van der Waals surface area contributed by atoms with Crippen molar-refractivity contribution in [2.24, 2.45) is 0 Å². The summed E-state index contributed by atoms with van der Waals surface area (Å²) in [6.45, 7) is 1.57. The third-order valence-corrected chi connectivity index (χ3v) is 3.87.